The highest BCUT2D eigenvalue weighted by molar-refractivity contribution is 7.99. The first-order chi connectivity index (χ1) is 10.1. The number of nitrogens with zero attached hydrogens (tertiary/aromatic N) is 1. The lowest BCUT2D eigenvalue weighted by atomic mass is 9.69. The first-order valence-corrected chi connectivity index (χ1v) is 10.3. The summed E-state index contributed by atoms with van der Waals surface area (Å²) in [6.07, 6.45) is 7.14. The van der Waals surface area contributed by atoms with Crippen molar-refractivity contribution in [2.45, 2.75) is 52.9 Å². The van der Waals surface area contributed by atoms with Gasteiger partial charge in [-0.1, -0.05) is 33.6 Å². The smallest absolute Gasteiger partial charge is 0.00726 e. The van der Waals surface area contributed by atoms with Gasteiger partial charge in [0.05, 0.1) is 0 Å². The number of hydrogen-bond donors (Lipinski definition) is 1. The molecule has 2 nitrogen and oxygen atoms in total. The van der Waals surface area contributed by atoms with Crippen LogP contribution < -0.4 is 5.32 Å². The Morgan fingerprint density at radius 3 is 2.86 bits per heavy atom. The zero-order chi connectivity index (χ0) is 15.1. The average molecular weight is 313 g/mol. The lowest BCUT2D eigenvalue weighted by molar-refractivity contribution is 0.0829. The number of hydrogen-bond acceptors (Lipinski definition) is 3. The van der Waals surface area contributed by atoms with Gasteiger partial charge < -0.3 is 10.2 Å². The fourth-order valence-corrected chi connectivity index (χ4v) is 5.11. The molecule has 0 spiro atoms. The molecular formula is C18H36N2S. The molecule has 1 saturated heterocycles. The van der Waals surface area contributed by atoms with Crippen molar-refractivity contribution >= 4 is 11.8 Å². The molecule has 0 radical (unpaired) electrons. The summed E-state index contributed by atoms with van der Waals surface area (Å²) < 4.78 is 0. The van der Waals surface area contributed by atoms with Crippen LogP contribution in [-0.4, -0.2) is 49.1 Å². The average Bonchev–Trinajstić information content (AvgIpc) is 2.66. The number of rotatable bonds is 6. The number of nitrogens with one attached hydrogen (secondary N) is 1. The highest BCUT2D eigenvalue weighted by Gasteiger charge is 2.36. The van der Waals surface area contributed by atoms with Gasteiger partial charge in [-0.3, -0.25) is 0 Å². The molecule has 21 heavy (non-hydrogen) atoms. The molecule has 0 amide bonds. The summed E-state index contributed by atoms with van der Waals surface area (Å²) in [4.78, 5) is 2.77. The van der Waals surface area contributed by atoms with Crippen molar-refractivity contribution in [2.24, 2.45) is 17.3 Å². The Morgan fingerprint density at radius 2 is 2.10 bits per heavy atom. The summed E-state index contributed by atoms with van der Waals surface area (Å²) >= 11 is 2.15. The van der Waals surface area contributed by atoms with Gasteiger partial charge in [-0.05, 0) is 55.4 Å². The molecule has 2 unspecified atom stereocenters. The SMILES string of the molecule is CC(C)CNCC1(CN2CCCSCC2)CCCC(C)C1. The highest BCUT2D eigenvalue weighted by atomic mass is 32.2. The van der Waals surface area contributed by atoms with Crippen molar-refractivity contribution < 1.29 is 0 Å². The third kappa shape index (κ3) is 6.11. The van der Waals surface area contributed by atoms with E-state index < -0.39 is 0 Å². The van der Waals surface area contributed by atoms with Crippen LogP contribution in [0.4, 0.5) is 0 Å². The van der Waals surface area contributed by atoms with Gasteiger partial charge in [0, 0.05) is 25.4 Å². The predicted molar refractivity (Wildman–Crippen MR) is 96.2 cm³/mol. The van der Waals surface area contributed by atoms with Crippen LogP contribution in [0.15, 0.2) is 0 Å². The van der Waals surface area contributed by atoms with Crippen molar-refractivity contribution in [3.05, 3.63) is 0 Å². The Hall–Kier alpha value is 0.270. The van der Waals surface area contributed by atoms with E-state index in [2.05, 4.69) is 42.7 Å². The maximum Gasteiger partial charge on any atom is 0.00726 e. The Morgan fingerprint density at radius 1 is 1.24 bits per heavy atom. The third-order valence-electron chi connectivity index (χ3n) is 5.11. The fourth-order valence-electron chi connectivity index (χ4n) is 4.19. The third-order valence-corrected chi connectivity index (χ3v) is 6.16. The molecule has 0 bridgehead atoms. The second-order valence-corrected chi connectivity index (χ2v) is 9.19. The van der Waals surface area contributed by atoms with Crippen LogP contribution in [0, 0.1) is 17.3 Å². The van der Waals surface area contributed by atoms with Gasteiger partial charge in [0.1, 0.15) is 0 Å². The second-order valence-electron chi connectivity index (χ2n) is 7.97. The second kappa shape index (κ2) is 8.79. The van der Waals surface area contributed by atoms with Crippen LogP contribution in [0.2, 0.25) is 0 Å². The maximum absolute atomic E-state index is 3.79. The van der Waals surface area contributed by atoms with E-state index in [9.17, 15) is 0 Å². The lowest BCUT2D eigenvalue weighted by Crippen LogP contribution is -2.47. The van der Waals surface area contributed by atoms with Gasteiger partial charge in [0.15, 0.2) is 0 Å². The molecule has 0 aromatic rings. The van der Waals surface area contributed by atoms with Crippen molar-refractivity contribution in [3.8, 4) is 0 Å². The van der Waals surface area contributed by atoms with Gasteiger partial charge in [-0.25, -0.2) is 0 Å². The van der Waals surface area contributed by atoms with Crippen LogP contribution in [-0.2, 0) is 0 Å². The molecule has 3 heteroatoms. The topological polar surface area (TPSA) is 15.3 Å². The molecule has 2 fully saturated rings. The van der Waals surface area contributed by atoms with Gasteiger partial charge in [-0.2, -0.15) is 11.8 Å². The zero-order valence-corrected chi connectivity index (χ0v) is 15.3. The fraction of sp³-hybridized carbons (Fsp3) is 1.00. The van der Waals surface area contributed by atoms with Crippen molar-refractivity contribution in [2.75, 3.05) is 44.2 Å². The van der Waals surface area contributed by atoms with E-state index in [0.29, 0.717) is 5.41 Å². The molecule has 0 aromatic carbocycles. The first-order valence-electron chi connectivity index (χ1n) is 9.10. The normalized spacial score (nSPS) is 32.3. The summed E-state index contributed by atoms with van der Waals surface area (Å²) in [6, 6.07) is 0. The summed E-state index contributed by atoms with van der Waals surface area (Å²) in [7, 11) is 0. The maximum atomic E-state index is 3.79. The van der Waals surface area contributed by atoms with Crippen LogP contribution in [0.25, 0.3) is 0 Å². The molecule has 1 N–H and O–H groups in total. The highest BCUT2D eigenvalue weighted by Crippen LogP contribution is 2.40. The van der Waals surface area contributed by atoms with E-state index >= 15 is 0 Å². The van der Waals surface area contributed by atoms with Crippen LogP contribution in [0.1, 0.15) is 52.9 Å². The van der Waals surface area contributed by atoms with Crippen LogP contribution >= 0.6 is 11.8 Å². The summed E-state index contributed by atoms with van der Waals surface area (Å²) in [5, 5.41) is 3.79. The van der Waals surface area contributed by atoms with E-state index in [-0.39, 0.29) is 0 Å². The predicted octanol–water partition coefficient (Wildman–Crippen LogP) is 3.87. The Labute approximate surface area is 136 Å². The Balaban J connectivity index is 1.93. The summed E-state index contributed by atoms with van der Waals surface area (Å²) in [6.45, 7) is 13.5. The standard InChI is InChI=1S/C18H36N2S/c1-16(2)13-19-14-18(7-4-6-17(3)12-18)15-20-8-5-10-21-11-9-20/h16-17,19H,4-15H2,1-3H3. The Bertz CT molecular complexity index is 287. The largest absolute Gasteiger partial charge is 0.316 e. The summed E-state index contributed by atoms with van der Waals surface area (Å²) in [5.41, 5.74) is 0.543. The molecule has 124 valence electrons. The molecule has 1 heterocycles. The first kappa shape index (κ1) is 17.6. The van der Waals surface area contributed by atoms with E-state index in [4.69, 9.17) is 0 Å². The Kier molecular flexibility index (Phi) is 7.37. The van der Waals surface area contributed by atoms with Gasteiger partial charge in [0.2, 0.25) is 0 Å². The minimum atomic E-state index is 0.543. The molecule has 0 aromatic heterocycles. The quantitative estimate of drug-likeness (QED) is 0.801. The van der Waals surface area contributed by atoms with Crippen molar-refractivity contribution in [1.29, 1.82) is 0 Å². The lowest BCUT2D eigenvalue weighted by Gasteiger charge is -2.43. The molecule has 2 aliphatic rings. The molecule has 2 atom stereocenters. The van der Waals surface area contributed by atoms with E-state index in [1.54, 1.807) is 0 Å². The monoisotopic (exact) mass is 312 g/mol. The molecule has 1 aliphatic carbocycles. The minimum Gasteiger partial charge on any atom is -0.316 e. The molecule has 1 aliphatic heterocycles. The van der Waals surface area contributed by atoms with Gasteiger partial charge >= 0.3 is 0 Å². The minimum absolute atomic E-state index is 0.543. The molecular weight excluding hydrogens is 276 g/mol. The van der Waals surface area contributed by atoms with E-state index in [1.165, 1.54) is 76.3 Å². The van der Waals surface area contributed by atoms with Crippen molar-refractivity contribution in [3.63, 3.8) is 0 Å². The van der Waals surface area contributed by atoms with Crippen molar-refractivity contribution in [1.82, 2.24) is 10.2 Å². The van der Waals surface area contributed by atoms with Crippen LogP contribution in [0.5, 0.6) is 0 Å². The summed E-state index contributed by atoms with van der Waals surface area (Å²) in [5.74, 6) is 4.38. The van der Waals surface area contributed by atoms with E-state index in [1.807, 2.05) is 0 Å². The van der Waals surface area contributed by atoms with Crippen LogP contribution in [0.3, 0.4) is 0 Å². The zero-order valence-electron chi connectivity index (χ0n) is 14.5. The number of thioether (sulfide) groups is 1. The molecule has 2 rings (SSSR count). The van der Waals surface area contributed by atoms with Gasteiger partial charge in [-0.15, -0.1) is 0 Å². The van der Waals surface area contributed by atoms with Gasteiger partial charge in [0.25, 0.3) is 0 Å². The molecule has 1 saturated carbocycles. The van der Waals surface area contributed by atoms with E-state index in [0.717, 1.165) is 11.8 Å².